The van der Waals surface area contributed by atoms with Crippen molar-refractivity contribution in [1.29, 1.82) is 5.26 Å². The van der Waals surface area contributed by atoms with E-state index in [4.69, 9.17) is 10.00 Å². The van der Waals surface area contributed by atoms with Gasteiger partial charge in [-0.15, -0.1) is 0 Å². The van der Waals surface area contributed by atoms with Crippen molar-refractivity contribution in [3.8, 4) is 6.07 Å². The van der Waals surface area contributed by atoms with Gasteiger partial charge < -0.3 is 25.2 Å². The van der Waals surface area contributed by atoms with E-state index >= 15 is 0 Å². The summed E-state index contributed by atoms with van der Waals surface area (Å²) >= 11 is 0. The molecule has 0 heterocycles. The van der Waals surface area contributed by atoms with Gasteiger partial charge in [-0.25, -0.2) is 9.59 Å². The molecule has 9 heteroatoms. The fourth-order valence-electron chi connectivity index (χ4n) is 2.16. The summed E-state index contributed by atoms with van der Waals surface area (Å²) in [6.45, 7) is 1.30. The van der Waals surface area contributed by atoms with Crippen LogP contribution in [0.2, 0.25) is 0 Å². The Morgan fingerprint density at radius 1 is 1.22 bits per heavy atom. The van der Waals surface area contributed by atoms with Gasteiger partial charge in [-0.1, -0.05) is 30.3 Å². The van der Waals surface area contributed by atoms with Gasteiger partial charge in [-0.3, -0.25) is 4.79 Å². The number of aliphatic hydroxyl groups excluding tert-OH is 1. The van der Waals surface area contributed by atoms with Gasteiger partial charge in [0.25, 0.3) is 0 Å². The van der Waals surface area contributed by atoms with Crippen molar-refractivity contribution < 1.29 is 29.0 Å². The SMILES string of the molecule is COC(=O)[C@@H](CCC#N)NC(=O)[C@@H](NC(=O)OCc1ccccc1)[C@@H](C)O. The molecule has 146 valence electrons. The molecular formula is C18H23N3O6. The van der Waals surface area contributed by atoms with Crippen molar-refractivity contribution in [2.24, 2.45) is 0 Å². The number of nitrogens with one attached hydrogen (secondary N) is 2. The number of benzene rings is 1. The maximum atomic E-state index is 12.4. The zero-order chi connectivity index (χ0) is 20.2. The number of carbonyl (C=O) groups excluding carboxylic acids is 3. The van der Waals surface area contributed by atoms with Crippen LogP contribution in [-0.4, -0.2) is 48.4 Å². The number of amides is 2. The van der Waals surface area contributed by atoms with Crippen molar-refractivity contribution in [1.82, 2.24) is 10.6 Å². The summed E-state index contributed by atoms with van der Waals surface area (Å²) in [5.41, 5.74) is 0.757. The van der Waals surface area contributed by atoms with Crippen molar-refractivity contribution in [3.05, 3.63) is 35.9 Å². The van der Waals surface area contributed by atoms with Crippen LogP contribution in [0, 0.1) is 11.3 Å². The third-order valence-corrected chi connectivity index (χ3v) is 3.60. The molecule has 1 aromatic carbocycles. The van der Waals surface area contributed by atoms with Gasteiger partial charge in [0.1, 0.15) is 18.7 Å². The molecule has 0 bridgehead atoms. The van der Waals surface area contributed by atoms with Crippen molar-refractivity contribution in [3.63, 3.8) is 0 Å². The van der Waals surface area contributed by atoms with Crippen LogP contribution in [0.25, 0.3) is 0 Å². The molecule has 0 saturated carbocycles. The Morgan fingerprint density at radius 3 is 2.44 bits per heavy atom. The number of alkyl carbamates (subject to hydrolysis) is 1. The normalized spacial score (nSPS) is 13.4. The number of hydrogen-bond acceptors (Lipinski definition) is 7. The van der Waals surface area contributed by atoms with Crippen LogP contribution >= 0.6 is 0 Å². The molecule has 0 aliphatic rings. The molecule has 0 aromatic heterocycles. The van der Waals surface area contributed by atoms with E-state index < -0.39 is 36.2 Å². The van der Waals surface area contributed by atoms with Crippen molar-refractivity contribution >= 4 is 18.0 Å². The summed E-state index contributed by atoms with van der Waals surface area (Å²) in [4.78, 5) is 36.0. The Balaban J connectivity index is 2.66. The van der Waals surface area contributed by atoms with E-state index in [0.717, 1.165) is 12.7 Å². The summed E-state index contributed by atoms with van der Waals surface area (Å²) in [6, 6.07) is 8.39. The van der Waals surface area contributed by atoms with E-state index in [2.05, 4.69) is 15.4 Å². The first kappa shape index (κ1) is 21.9. The lowest BCUT2D eigenvalue weighted by Gasteiger charge is -2.23. The Labute approximate surface area is 157 Å². The highest BCUT2D eigenvalue weighted by Gasteiger charge is 2.30. The van der Waals surface area contributed by atoms with Gasteiger partial charge in [-0.05, 0) is 18.9 Å². The summed E-state index contributed by atoms with van der Waals surface area (Å²) in [5.74, 6) is -1.52. The number of nitrogens with zero attached hydrogens (tertiary/aromatic N) is 1. The lowest BCUT2D eigenvalue weighted by molar-refractivity contribution is -0.145. The maximum absolute atomic E-state index is 12.4. The smallest absolute Gasteiger partial charge is 0.408 e. The summed E-state index contributed by atoms with van der Waals surface area (Å²) in [6.07, 6.45) is -2.08. The highest BCUT2D eigenvalue weighted by molar-refractivity contribution is 5.90. The number of hydrogen-bond donors (Lipinski definition) is 3. The zero-order valence-electron chi connectivity index (χ0n) is 15.2. The summed E-state index contributed by atoms with van der Waals surface area (Å²) in [5, 5.41) is 23.1. The first-order chi connectivity index (χ1) is 12.9. The molecule has 27 heavy (non-hydrogen) atoms. The minimum atomic E-state index is -1.34. The Bertz CT molecular complexity index is 671. The monoisotopic (exact) mass is 377 g/mol. The number of carbonyl (C=O) groups is 3. The molecule has 1 rings (SSSR count). The maximum Gasteiger partial charge on any atom is 0.408 e. The lowest BCUT2D eigenvalue weighted by atomic mass is 10.1. The highest BCUT2D eigenvalue weighted by Crippen LogP contribution is 2.04. The standard InChI is InChI=1S/C18H23N3O6/c1-12(22)15(16(23)20-14(9-6-10-19)17(24)26-2)21-18(25)27-11-13-7-4-3-5-8-13/h3-5,7-8,12,14-15,22H,6,9,11H2,1-2H3,(H,20,23)(H,21,25)/t12-,14-,15+/m1/s1. The van der Waals surface area contributed by atoms with Crippen LogP contribution in [-0.2, 0) is 25.7 Å². The van der Waals surface area contributed by atoms with E-state index in [1.165, 1.54) is 6.92 Å². The molecule has 3 atom stereocenters. The Morgan fingerprint density at radius 2 is 1.89 bits per heavy atom. The topological polar surface area (TPSA) is 138 Å². The van der Waals surface area contributed by atoms with Crippen LogP contribution in [0.5, 0.6) is 0 Å². The van der Waals surface area contributed by atoms with Crippen LogP contribution in [0.15, 0.2) is 30.3 Å². The lowest BCUT2D eigenvalue weighted by Crippen LogP contribution is -2.55. The van der Waals surface area contributed by atoms with Gasteiger partial charge in [0.2, 0.25) is 5.91 Å². The van der Waals surface area contributed by atoms with Gasteiger partial charge >= 0.3 is 12.1 Å². The average Bonchev–Trinajstić information content (AvgIpc) is 2.67. The molecule has 0 radical (unpaired) electrons. The fourth-order valence-corrected chi connectivity index (χ4v) is 2.16. The van der Waals surface area contributed by atoms with Gasteiger partial charge in [0.05, 0.1) is 19.3 Å². The van der Waals surface area contributed by atoms with Gasteiger partial charge in [0.15, 0.2) is 0 Å². The molecule has 2 amide bonds. The van der Waals surface area contributed by atoms with Crippen molar-refractivity contribution in [2.45, 2.75) is 44.6 Å². The van der Waals surface area contributed by atoms with Crippen LogP contribution < -0.4 is 10.6 Å². The second-order valence-electron chi connectivity index (χ2n) is 5.71. The largest absolute Gasteiger partial charge is 0.467 e. The van der Waals surface area contributed by atoms with Crippen LogP contribution in [0.4, 0.5) is 4.79 Å². The number of methoxy groups -OCH3 is 1. The fraction of sp³-hybridized carbons (Fsp3) is 0.444. The predicted octanol–water partition coefficient (Wildman–Crippen LogP) is 0.624. The summed E-state index contributed by atoms with van der Waals surface area (Å²) < 4.78 is 9.60. The van der Waals surface area contributed by atoms with Crippen LogP contribution in [0.1, 0.15) is 25.3 Å². The molecule has 3 N–H and O–H groups in total. The molecule has 0 aliphatic carbocycles. The number of rotatable bonds is 9. The number of ether oxygens (including phenoxy) is 2. The van der Waals surface area contributed by atoms with E-state index in [1.54, 1.807) is 24.3 Å². The minimum Gasteiger partial charge on any atom is -0.467 e. The molecule has 0 fully saturated rings. The first-order valence-electron chi connectivity index (χ1n) is 8.29. The second-order valence-corrected chi connectivity index (χ2v) is 5.71. The predicted molar refractivity (Wildman–Crippen MR) is 94.0 cm³/mol. The van der Waals surface area contributed by atoms with E-state index in [9.17, 15) is 19.5 Å². The molecule has 0 saturated heterocycles. The third kappa shape index (κ3) is 7.75. The van der Waals surface area contributed by atoms with E-state index in [0.29, 0.717) is 0 Å². The van der Waals surface area contributed by atoms with Crippen molar-refractivity contribution in [2.75, 3.05) is 7.11 Å². The molecular weight excluding hydrogens is 354 g/mol. The van der Waals surface area contributed by atoms with Crippen LogP contribution in [0.3, 0.4) is 0 Å². The molecule has 0 unspecified atom stereocenters. The minimum absolute atomic E-state index is 0.00617. The van der Waals surface area contributed by atoms with E-state index in [-0.39, 0.29) is 19.4 Å². The van der Waals surface area contributed by atoms with Gasteiger partial charge in [-0.2, -0.15) is 5.26 Å². The molecule has 0 aliphatic heterocycles. The third-order valence-electron chi connectivity index (χ3n) is 3.60. The number of esters is 1. The van der Waals surface area contributed by atoms with E-state index in [1.807, 2.05) is 12.1 Å². The molecule has 9 nitrogen and oxygen atoms in total. The Kier molecular flexibility index (Phi) is 9.33. The molecule has 0 spiro atoms. The summed E-state index contributed by atoms with van der Waals surface area (Å²) in [7, 11) is 1.15. The first-order valence-corrected chi connectivity index (χ1v) is 8.29. The molecule has 1 aromatic rings. The zero-order valence-corrected chi connectivity index (χ0v) is 15.2. The second kappa shape index (κ2) is 11.5. The highest BCUT2D eigenvalue weighted by atomic mass is 16.5. The quantitative estimate of drug-likeness (QED) is 0.536. The number of nitriles is 1. The number of aliphatic hydroxyl groups is 1. The average molecular weight is 377 g/mol. The van der Waals surface area contributed by atoms with Gasteiger partial charge in [0, 0.05) is 6.42 Å². The Hall–Kier alpha value is -3.12.